The summed E-state index contributed by atoms with van der Waals surface area (Å²) in [5.41, 5.74) is 2.31. The van der Waals surface area contributed by atoms with Crippen molar-refractivity contribution in [1.29, 1.82) is 0 Å². The fourth-order valence-corrected chi connectivity index (χ4v) is 6.30. The molecule has 0 radical (unpaired) electrons. The number of piperidine rings is 1. The molecule has 2 aliphatic heterocycles. The van der Waals surface area contributed by atoms with Gasteiger partial charge in [-0.15, -0.1) is 0 Å². The van der Waals surface area contributed by atoms with E-state index in [1.165, 1.54) is 24.0 Å². The number of hydrogen-bond acceptors (Lipinski definition) is 4. The normalized spacial score (nSPS) is 37.9. The van der Waals surface area contributed by atoms with Gasteiger partial charge in [0.1, 0.15) is 12.2 Å². The molecular formula is C21H27NO3. The summed E-state index contributed by atoms with van der Waals surface area (Å²) < 4.78 is 6.20. The highest BCUT2D eigenvalue weighted by Gasteiger charge is 2.64. The number of hydrogen-bond donors (Lipinski definition) is 2. The van der Waals surface area contributed by atoms with E-state index in [0.29, 0.717) is 23.8 Å². The zero-order valence-corrected chi connectivity index (χ0v) is 15.0. The lowest BCUT2D eigenvalue weighted by Crippen LogP contribution is -2.66. The van der Waals surface area contributed by atoms with Gasteiger partial charge in [0.15, 0.2) is 11.5 Å². The lowest BCUT2D eigenvalue weighted by atomic mass is 9.53. The molecular weight excluding hydrogens is 314 g/mol. The van der Waals surface area contributed by atoms with E-state index in [-0.39, 0.29) is 17.3 Å². The van der Waals surface area contributed by atoms with Crippen LogP contribution >= 0.6 is 0 Å². The number of aliphatic hydroxyl groups excluding tert-OH is 1. The Hall–Kier alpha value is -1.52. The Kier molecular flexibility index (Phi) is 3.29. The molecule has 4 heteroatoms. The van der Waals surface area contributed by atoms with E-state index in [1.54, 1.807) is 6.07 Å². The molecule has 1 saturated heterocycles. The number of likely N-dealkylation sites (tertiary alicyclic amines) is 1. The van der Waals surface area contributed by atoms with Crippen LogP contribution in [-0.2, 0) is 11.8 Å². The molecule has 1 spiro atoms. The van der Waals surface area contributed by atoms with Gasteiger partial charge in [0.25, 0.3) is 0 Å². The Labute approximate surface area is 149 Å². The van der Waals surface area contributed by atoms with Gasteiger partial charge in [0, 0.05) is 29.0 Å². The third-order valence-corrected chi connectivity index (χ3v) is 7.33. The average molecular weight is 341 g/mol. The third kappa shape index (κ3) is 1.79. The van der Waals surface area contributed by atoms with Crippen LogP contribution in [0.3, 0.4) is 0 Å². The molecule has 2 aliphatic carbocycles. The number of aromatic hydroxyl groups is 1. The van der Waals surface area contributed by atoms with Crippen LogP contribution in [0.25, 0.3) is 0 Å². The van der Waals surface area contributed by atoms with Gasteiger partial charge in [-0.1, -0.05) is 32.1 Å². The van der Waals surface area contributed by atoms with Gasteiger partial charge in [-0.25, -0.2) is 0 Å². The molecule has 0 amide bonds. The summed E-state index contributed by atoms with van der Waals surface area (Å²) in [6.07, 6.45) is 7.63. The molecule has 0 saturated carbocycles. The second kappa shape index (κ2) is 5.24. The summed E-state index contributed by atoms with van der Waals surface area (Å²) >= 11 is 0. The van der Waals surface area contributed by atoms with Crippen LogP contribution in [-0.4, -0.2) is 45.9 Å². The SMILES string of the molecule is CCC(CC)N1CC[C@]23c4c5ccc(O)c4O[C@H]2[C@@H](O)C=C[C@H]3[C@H]1C5. The molecule has 2 heterocycles. The first-order chi connectivity index (χ1) is 12.1. The second-order valence-electron chi connectivity index (χ2n) is 8.16. The number of ether oxygens (including phenoxy) is 1. The maximum Gasteiger partial charge on any atom is 0.165 e. The number of aliphatic hydroxyl groups is 1. The molecule has 1 aromatic rings. The minimum atomic E-state index is -0.602. The van der Waals surface area contributed by atoms with Crippen LogP contribution in [0.1, 0.15) is 44.2 Å². The van der Waals surface area contributed by atoms with Crippen LogP contribution in [0.5, 0.6) is 11.5 Å². The topological polar surface area (TPSA) is 52.9 Å². The van der Waals surface area contributed by atoms with Gasteiger partial charge in [0.05, 0.1) is 0 Å². The summed E-state index contributed by atoms with van der Waals surface area (Å²) in [5.74, 6) is 1.20. The number of rotatable bonds is 3. The molecule has 0 unspecified atom stereocenters. The van der Waals surface area contributed by atoms with Gasteiger partial charge in [0.2, 0.25) is 0 Å². The molecule has 2 bridgehead atoms. The van der Waals surface area contributed by atoms with Crippen molar-refractivity contribution < 1.29 is 14.9 Å². The highest BCUT2D eigenvalue weighted by molar-refractivity contribution is 5.61. The Morgan fingerprint density at radius 1 is 1.28 bits per heavy atom. The first-order valence-corrected chi connectivity index (χ1v) is 9.76. The number of phenolic OH excluding ortho intramolecular Hbond substituents is 1. The van der Waals surface area contributed by atoms with Crippen molar-refractivity contribution in [3.63, 3.8) is 0 Å². The molecule has 1 aromatic carbocycles. The zero-order valence-electron chi connectivity index (χ0n) is 15.0. The van der Waals surface area contributed by atoms with Crippen molar-refractivity contribution in [3.05, 3.63) is 35.4 Å². The van der Waals surface area contributed by atoms with Gasteiger partial charge in [-0.2, -0.15) is 0 Å². The maximum absolute atomic E-state index is 10.6. The van der Waals surface area contributed by atoms with Crippen LogP contribution in [0.4, 0.5) is 0 Å². The third-order valence-electron chi connectivity index (χ3n) is 7.33. The Bertz CT molecular complexity index is 741. The molecule has 25 heavy (non-hydrogen) atoms. The number of nitrogens with zero attached hydrogens (tertiary/aromatic N) is 1. The van der Waals surface area contributed by atoms with E-state index in [9.17, 15) is 10.2 Å². The zero-order chi connectivity index (χ0) is 17.3. The van der Waals surface area contributed by atoms with Crippen LogP contribution < -0.4 is 4.74 Å². The van der Waals surface area contributed by atoms with E-state index < -0.39 is 6.10 Å². The van der Waals surface area contributed by atoms with Crippen LogP contribution in [0.2, 0.25) is 0 Å². The highest BCUT2D eigenvalue weighted by atomic mass is 16.5. The minimum absolute atomic E-state index is 0.178. The van der Waals surface area contributed by atoms with E-state index >= 15 is 0 Å². The van der Waals surface area contributed by atoms with Crippen molar-refractivity contribution >= 4 is 0 Å². The van der Waals surface area contributed by atoms with Gasteiger partial charge in [-0.05, 0) is 43.9 Å². The van der Waals surface area contributed by atoms with E-state index in [0.717, 1.165) is 19.4 Å². The first-order valence-electron chi connectivity index (χ1n) is 9.76. The van der Waals surface area contributed by atoms with Crippen molar-refractivity contribution in [2.24, 2.45) is 5.92 Å². The highest BCUT2D eigenvalue weighted by Crippen LogP contribution is 2.62. The van der Waals surface area contributed by atoms with Crippen molar-refractivity contribution in [1.82, 2.24) is 4.90 Å². The molecule has 5 atom stereocenters. The van der Waals surface area contributed by atoms with Crippen LogP contribution in [0.15, 0.2) is 24.3 Å². The Morgan fingerprint density at radius 3 is 2.84 bits per heavy atom. The van der Waals surface area contributed by atoms with Crippen molar-refractivity contribution in [3.8, 4) is 11.5 Å². The quantitative estimate of drug-likeness (QED) is 0.830. The fraction of sp³-hybridized carbons (Fsp3) is 0.619. The summed E-state index contributed by atoms with van der Waals surface area (Å²) in [6, 6.07) is 4.91. The number of phenols is 1. The van der Waals surface area contributed by atoms with Gasteiger partial charge < -0.3 is 14.9 Å². The lowest BCUT2D eigenvalue weighted by molar-refractivity contribution is -0.0636. The monoisotopic (exact) mass is 341 g/mol. The molecule has 1 fully saturated rings. The first kappa shape index (κ1) is 15.7. The summed E-state index contributed by atoms with van der Waals surface area (Å²) in [7, 11) is 0. The standard InChI is InChI=1S/C21H27NO3/c1-3-13(4-2)22-10-9-21-14-6-8-17(24)20(21)25-19-16(23)7-5-12(18(19)21)11-15(14)22/h5-8,13-15,17,20,23-24H,3-4,9-11H2,1-2H3/t14-,15+,17-,20-,21-/m0/s1. The molecule has 5 rings (SSSR count). The van der Waals surface area contributed by atoms with Crippen LogP contribution in [0, 0.1) is 5.92 Å². The van der Waals surface area contributed by atoms with Gasteiger partial charge >= 0.3 is 0 Å². The lowest BCUT2D eigenvalue weighted by Gasteiger charge is -2.58. The van der Waals surface area contributed by atoms with Gasteiger partial charge in [-0.3, -0.25) is 4.90 Å². The predicted molar refractivity (Wildman–Crippen MR) is 96.0 cm³/mol. The minimum Gasteiger partial charge on any atom is -0.504 e. The summed E-state index contributed by atoms with van der Waals surface area (Å²) in [5, 5.41) is 21.0. The Morgan fingerprint density at radius 2 is 2.08 bits per heavy atom. The summed E-state index contributed by atoms with van der Waals surface area (Å²) in [4.78, 5) is 2.71. The van der Waals surface area contributed by atoms with E-state index in [1.807, 2.05) is 6.08 Å². The molecule has 0 aromatic heterocycles. The molecule has 134 valence electrons. The maximum atomic E-state index is 10.6. The van der Waals surface area contributed by atoms with Crippen molar-refractivity contribution in [2.45, 2.75) is 69.2 Å². The molecule has 4 aliphatic rings. The summed E-state index contributed by atoms with van der Waals surface area (Å²) in [6.45, 7) is 5.61. The predicted octanol–water partition coefficient (Wildman–Crippen LogP) is 2.76. The molecule has 2 N–H and O–H groups in total. The average Bonchev–Trinajstić information content (AvgIpc) is 2.97. The largest absolute Gasteiger partial charge is 0.504 e. The van der Waals surface area contributed by atoms with E-state index in [2.05, 4.69) is 30.9 Å². The number of benzene rings is 1. The Balaban J connectivity index is 1.70. The molecule has 4 nitrogen and oxygen atoms in total. The van der Waals surface area contributed by atoms with Crippen molar-refractivity contribution in [2.75, 3.05) is 6.54 Å². The second-order valence-corrected chi connectivity index (χ2v) is 8.16. The van der Waals surface area contributed by atoms with E-state index in [4.69, 9.17) is 4.74 Å². The fourth-order valence-electron chi connectivity index (χ4n) is 6.30. The smallest absolute Gasteiger partial charge is 0.165 e.